The van der Waals surface area contributed by atoms with Crippen LogP contribution in [0.4, 0.5) is 0 Å². The Morgan fingerprint density at radius 3 is 2.46 bits per heavy atom. The van der Waals surface area contributed by atoms with Crippen LogP contribution in [0.2, 0.25) is 0 Å². The number of methoxy groups -OCH3 is 3. The minimum Gasteiger partial charge on any atom is -0.493 e. The Morgan fingerprint density at radius 1 is 1.03 bits per heavy atom. The highest BCUT2D eigenvalue weighted by molar-refractivity contribution is 5.99. The lowest BCUT2D eigenvalue weighted by Gasteiger charge is -2.17. The summed E-state index contributed by atoms with van der Waals surface area (Å²) in [6, 6.07) is 7.43. The monoisotopic (exact) mass is 486 g/mol. The fourth-order valence-electron chi connectivity index (χ4n) is 4.39. The molecule has 1 atom stereocenters. The summed E-state index contributed by atoms with van der Waals surface area (Å²) in [6.07, 6.45) is 0.704. The van der Waals surface area contributed by atoms with Gasteiger partial charge in [0.1, 0.15) is 0 Å². The van der Waals surface area contributed by atoms with Crippen LogP contribution in [-0.2, 0) is 32.0 Å². The number of likely N-dealkylation sites (tertiary alicyclic amines) is 1. The summed E-state index contributed by atoms with van der Waals surface area (Å²) < 4.78 is 23.0. The second-order valence-electron chi connectivity index (χ2n) is 8.64. The van der Waals surface area contributed by atoms with E-state index in [9.17, 15) is 14.4 Å². The Labute approximate surface area is 205 Å². The molecular weight excluding hydrogens is 452 g/mol. The molecule has 1 aromatic heterocycles. The molecule has 1 aromatic carbocycles. The van der Waals surface area contributed by atoms with E-state index in [1.807, 2.05) is 36.6 Å². The SMILES string of the molecule is COCCn1c(C)cc(C(=O)COC(=O)[C@H]2CC(=O)N(CCc3ccc(OC)c(OC)c3)C2)c1C. The van der Waals surface area contributed by atoms with Gasteiger partial charge in [-0.05, 0) is 44.0 Å². The first kappa shape index (κ1) is 26.3. The van der Waals surface area contributed by atoms with Gasteiger partial charge in [0.2, 0.25) is 11.7 Å². The van der Waals surface area contributed by atoms with E-state index >= 15 is 0 Å². The highest BCUT2D eigenvalue weighted by Crippen LogP contribution is 2.28. The summed E-state index contributed by atoms with van der Waals surface area (Å²) >= 11 is 0. The van der Waals surface area contributed by atoms with Crippen molar-refractivity contribution in [2.45, 2.75) is 33.2 Å². The van der Waals surface area contributed by atoms with E-state index in [0.29, 0.717) is 43.2 Å². The van der Waals surface area contributed by atoms with Crippen molar-refractivity contribution < 1.29 is 33.3 Å². The number of nitrogens with zero attached hydrogens (tertiary/aromatic N) is 2. The Hall–Kier alpha value is -3.33. The third kappa shape index (κ3) is 6.22. The lowest BCUT2D eigenvalue weighted by molar-refractivity contribution is -0.147. The highest BCUT2D eigenvalue weighted by atomic mass is 16.5. The molecule has 2 aromatic rings. The van der Waals surface area contributed by atoms with E-state index in [4.69, 9.17) is 18.9 Å². The first-order chi connectivity index (χ1) is 16.8. The zero-order valence-corrected chi connectivity index (χ0v) is 21.1. The number of carbonyl (C=O) groups is 3. The van der Waals surface area contributed by atoms with Gasteiger partial charge in [-0.1, -0.05) is 6.07 Å². The van der Waals surface area contributed by atoms with Gasteiger partial charge in [0, 0.05) is 50.1 Å². The van der Waals surface area contributed by atoms with Crippen LogP contribution in [0.25, 0.3) is 0 Å². The van der Waals surface area contributed by atoms with Gasteiger partial charge in [-0.3, -0.25) is 14.4 Å². The van der Waals surface area contributed by atoms with Crippen LogP contribution in [0.1, 0.15) is 33.7 Å². The molecule has 1 saturated heterocycles. The second kappa shape index (κ2) is 11.9. The minimum absolute atomic E-state index is 0.0878. The Morgan fingerprint density at radius 2 is 1.77 bits per heavy atom. The third-order valence-electron chi connectivity index (χ3n) is 6.40. The number of rotatable bonds is 12. The van der Waals surface area contributed by atoms with Crippen molar-refractivity contribution >= 4 is 17.7 Å². The molecule has 0 bridgehead atoms. The largest absolute Gasteiger partial charge is 0.493 e. The molecule has 0 unspecified atom stereocenters. The summed E-state index contributed by atoms with van der Waals surface area (Å²) in [7, 11) is 4.78. The van der Waals surface area contributed by atoms with E-state index in [1.165, 1.54) is 0 Å². The molecular formula is C26H34N2O7. The molecule has 0 radical (unpaired) electrons. The van der Waals surface area contributed by atoms with Crippen LogP contribution in [0.3, 0.4) is 0 Å². The highest BCUT2D eigenvalue weighted by Gasteiger charge is 2.35. The molecule has 0 spiro atoms. The first-order valence-corrected chi connectivity index (χ1v) is 11.6. The van der Waals surface area contributed by atoms with Gasteiger partial charge in [0.15, 0.2) is 18.1 Å². The van der Waals surface area contributed by atoms with E-state index in [0.717, 1.165) is 17.0 Å². The van der Waals surface area contributed by atoms with E-state index in [2.05, 4.69) is 0 Å². The fourth-order valence-corrected chi connectivity index (χ4v) is 4.39. The minimum atomic E-state index is -0.574. The van der Waals surface area contributed by atoms with Gasteiger partial charge >= 0.3 is 5.97 Å². The van der Waals surface area contributed by atoms with Gasteiger partial charge in [-0.15, -0.1) is 0 Å². The van der Waals surface area contributed by atoms with Gasteiger partial charge < -0.3 is 28.4 Å². The van der Waals surface area contributed by atoms with Crippen molar-refractivity contribution in [2.24, 2.45) is 5.92 Å². The topological polar surface area (TPSA) is 96.3 Å². The number of aryl methyl sites for hydroxylation is 1. The standard InChI is InChI=1S/C26H34N2O7/c1-17-12-21(18(2)28(17)10-11-32-3)22(29)16-35-26(31)20-14-25(30)27(15-20)9-8-19-6-7-23(33-4)24(13-19)34-5/h6-7,12-13,20H,8-11,14-16H2,1-5H3/t20-/m0/s1. The van der Waals surface area contributed by atoms with E-state index < -0.39 is 11.9 Å². The molecule has 9 heteroatoms. The fraction of sp³-hybridized carbons (Fsp3) is 0.500. The number of benzene rings is 1. The predicted octanol–water partition coefficient (Wildman–Crippen LogP) is 2.59. The molecule has 0 aliphatic carbocycles. The number of carbonyl (C=O) groups excluding carboxylic acids is 3. The van der Waals surface area contributed by atoms with E-state index in [1.54, 1.807) is 32.3 Å². The van der Waals surface area contributed by atoms with Gasteiger partial charge in [0.25, 0.3) is 0 Å². The Balaban J connectivity index is 1.51. The number of hydrogen-bond donors (Lipinski definition) is 0. The van der Waals surface area contributed by atoms with Crippen molar-refractivity contribution in [1.82, 2.24) is 9.47 Å². The molecule has 35 heavy (non-hydrogen) atoms. The van der Waals surface area contributed by atoms with Crippen molar-refractivity contribution in [1.29, 1.82) is 0 Å². The van der Waals surface area contributed by atoms with Crippen molar-refractivity contribution in [3.8, 4) is 11.5 Å². The summed E-state index contributed by atoms with van der Waals surface area (Å²) in [6.45, 7) is 5.39. The zero-order valence-electron chi connectivity index (χ0n) is 21.1. The molecule has 9 nitrogen and oxygen atoms in total. The average Bonchev–Trinajstić information content (AvgIpc) is 3.37. The Bertz CT molecular complexity index is 1080. The van der Waals surface area contributed by atoms with Crippen LogP contribution >= 0.6 is 0 Å². The van der Waals surface area contributed by atoms with Crippen LogP contribution in [-0.4, -0.2) is 74.8 Å². The molecule has 190 valence electrons. The van der Waals surface area contributed by atoms with Crippen LogP contribution < -0.4 is 9.47 Å². The molecule has 0 N–H and O–H groups in total. The molecule has 0 saturated carbocycles. The number of amides is 1. The number of aromatic nitrogens is 1. The second-order valence-corrected chi connectivity index (χ2v) is 8.64. The van der Waals surface area contributed by atoms with Crippen molar-refractivity contribution in [3.05, 3.63) is 46.8 Å². The van der Waals surface area contributed by atoms with Gasteiger partial charge in [-0.2, -0.15) is 0 Å². The van der Waals surface area contributed by atoms with Gasteiger partial charge in [-0.25, -0.2) is 0 Å². The molecule has 3 rings (SSSR count). The maximum Gasteiger partial charge on any atom is 0.311 e. The van der Waals surface area contributed by atoms with Gasteiger partial charge in [0.05, 0.1) is 26.7 Å². The summed E-state index contributed by atoms with van der Waals surface area (Å²) in [5, 5.41) is 0. The molecule has 1 fully saturated rings. The summed E-state index contributed by atoms with van der Waals surface area (Å²) in [5.74, 6) is -0.181. The number of hydrogen-bond acceptors (Lipinski definition) is 7. The van der Waals surface area contributed by atoms with Crippen LogP contribution in [0.5, 0.6) is 11.5 Å². The zero-order chi connectivity index (χ0) is 25.5. The molecule has 1 amide bonds. The Kier molecular flexibility index (Phi) is 8.92. The smallest absolute Gasteiger partial charge is 0.311 e. The maximum absolute atomic E-state index is 12.7. The third-order valence-corrected chi connectivity index (χ3v) is 6.40. The normalized spacial score (nSPS) is 15.4. The molecule has 2 heterocycles. The van der Waals surface area contributed by atoms with Crippen molar-refractivity contribution in [3.63, 3.8) is 0 Å². The summed E-state index contributed by atoms with van der Waals surface area (Å²) in [4.78, 5) is 39.4. The van der Waals surface area contributed by atoms with Crippen LogP contribution in [0.15, 0.2) is 24.3 Å². The lowest BCUT2D eigenvalue weighted by Crippen LogP contribution is -2.29. The number of Topliss-reactive ketones (excluding diaryl/α,β-unsaturated/α-hetero) is 1. The molecule has 1 aliphatic rings. The lowest BCUT2D eigenvalue weighted by atomic mass is 10.1. The quantitative estimate of drug-likeness (QED) is 0.336. The number of esters is 1. The summed E-state index contributed by atoms with van der Waals surface area (Å²) in [5.41, 5.74) is 3.29. The number of ether oxygens (including phenoxy) is 4. The predicted molar refractivity (Wildman–Crippen MR) is 129 cm³/mol. The van der Waals surface area contributed by atoms with E-state index in [-0.39, 0.29) is 31.3 Å². The average molecular weight is 487 g/mol. The number of ketones is 1. The van der Waals surface area contributed by atoms with Crippen LogP contribution in [0, 0.1) is 19.8 Å². The van der Waals surface area contributed by atoms with Crippen molar-refractivity contribution in [2.75, 3.05) is 47.6 Å². The maximum atomic E-state index is 12.7. The first-order valence-electron chi connectivity index (χ1n) is 11.6. The molecule has 1 aliphatic heterocycles.